The fourth-order valence-corrected chi connectivity index (χ4v) is 5.11. The van der Waals surface area contributed by atoms with Crippen molar-refractivity contribution in [1.29, 1.82) is 0 Å². The van der Waals surface area contributed by atoms with Crippen LogP contribution in [0.2, 0.25) is 5.02 Å². The van der Waals surface area contributed by atoms with Gasteiger partial charge in [0, 0.05) is 23.8 Å². The van der Waals surface area contributed by atoms with Crippen molar-refractivity contribution in [1.82, 2.24) is 16.0 Å². The van der Waals surface area contributed by atoms with Crippen LogP contribution in [0.4, 0.5) is 4.79 Å². The van der Waals surface area contributed by atoms with Gasteiger partial charge in [0.2, 0.25) is 0 Å². The molecule has 1 amide bonds. The molecule has 12 nitrogen and oxygen atoms in total. The number of methoxy groups -OCH3 is 1. The highest BCUT2D eigenvalue weighted by Crippen LogP contribution is 2.41. The first-order valence-electron chi connectivity index (χ1n) is 15.5. The van der Waals surface area contributed by atoms with Gasteiger partial charge < -0.3 is 44.7 Å². The van der Waals surface area contributed by atoms with E-state index in [1.54, 1.807) is 38.1 Å². The van der Waals surface area contributed by atoms with Gasteiger partial charge in [-0.15, -0.1) is 0 Å². The van der Waals surface area contributed by atoms with Crippen LogP contribution < -0.4 is 20.7 Å². The molecule has 0 saturated carbocycles. The van der Waals surface area contributed by atoms with Crippen molar-refractivity contribution in [2.75, 3.05) is 59.8 Å². The van der Waals surface area contributed by atoms with Crippen LogP contribution in [0.15, 0.2) is 77.1 Å². The Bertz CT molecular complexity index is 1380. The number of aliphatic hydroxyl groups is 1. The van der Waals surface area contributed by atoms with E-state index in [-0.39, 0.29) is 50.7 Å². The van der Waals surface area contributed by atoms with E-state index >= 15 is 0 Å². The number of unbranched alkanes of at least 4 members (excludes halogenated alkanes) is 1. The summed E-state index contributed by atoms with van der Waals surface area (Å²) in [5, 5.41) is 19.3. The molecule has 0 aliphatic carbocycles. The molecule has 4 N–H and O–H groups in total. The van der Waals surface area contributed by atoms with Crippen LogP contribution in [0, 0.1) is 0 Å². The van der Waals surface area contributed by atoms with E-state index < -0.39 is 30.1 Å². The Labute approximate surface area is 280 Å². The van der Waals surface area contributed by atoms with Gasteiger partial charge in [0.1, 0.15) is 18.5 Å². The Morgan fingerprint density at radius 2 is 1.70 bits per heavy atom. The smallest absolute Gasteiger partial charge is 0.407 e. The Morgan fingerprint density at radius 1 is 0.957 bits per heavy atom. The predicted octanol–water partition coefficient (Wildman–Crippen LogP) is 3.84. The van der Waals surface area contributed by atoms with E-state index in [0.717, 1.165) is 6.42 Å². The number of alkyl carbamates (subject to hydrolysis) is 1. The Balaban J connectivity index is 1.41. The Kier molecular flexibility index (Phi) is 16.1. The maximum absolute atomic E-state index is 13.2. The zero-order chi connectivity index (χ0) is 34.0. The van der Waals surface area contributed by atoms with Gasteiger partial charge in [-0.3, -0.25) is 0 Å². The molecule has 0 saturated heterocycles. The van der Waals surface area contributed by atoms with Crippen molar-refractivity contribution in [3.8, 4) is 5.75 Å². The minimum Gasteiger partial charge on any atom is -0.491 e. The molecule has 2 atom stereocenters. The van der Waals surface area contributed by atoms with E-state index in [1.165, 1.54) is 7.11 Å². The van der Waals surface area contributed by atoms with Gasteiger partial charge in [0.05, 0.1) is 56.3 Å². The number of para-hydroxylation sites is 1. The van der Waals surface area contributed by atoms with Crippen molar-refractivity contribution >= 4 is 29.6 Å². The quantitative estimate of drug-likeness (QED) is 0.0977. The number of hydrogen-bond acceptors (Lipinski definition) is 11. The lowest BCUT2D eigenvalue weighted by Crippen LogP contribution is -2.35. The van der Waals surface area contributed by atoms with Crippen molar-refractivity contribution in [3.63, 3.8) is 0 Å². The zero-order valence-electron chi connectivity index (χ0n) is 27.0. The van der Waals surface area contributed by atoms with Crippen molar-refractivity contribution < 1.29 is 43.2 Å². The molecule has 0 aromatic heterocycles. The van der Waals surface area contributed by atoms with E-state index in [0.29, 0.717) is 47.2 Å². The summed E-state index contributed by atoms with van der Waals surface area (Å²) in [7, 11) is 1.27. The predicted molar refractivity (Wildman–Crippen MR) is 176 cm³/mol. The van der Waals surface area contributed by atoms with E-state index in [2.05, 4.69) is 16.0 Å². The van der Waals surface area contributed by atoms with Crippen LogP contribution in [-0.2, 0) is 28.5 Å². The average molecular weight is 674 g/mol. The summed E-state index contributed by atoms with van der Waals surface area (Å²) in [5.74, 6) is -1.37. The van der Waals surface area contributed by atoms with Gasteiger partial charge >= 0.3 is 18.0 Å². The number of allylic oxidation sites excluding steroid dienone is 1. The number of carbonyl (C=O) groups is 3. The van der Waals surface area contributed by atoms with Gasteiger partial charge in [-0.1, -0.05) is 48.0 Å². The van der Waals surface area contributed by atoms with Crippen LogP contribution in [-0.4, -0.2) is 89.0 Å². The molecule has 0 fully saturated rings. The number of rotatable bonds is 19. The molecule has 256 valence electrons. The van der Waals surface area contributed by atoms with Gasteiger partial charge in [-0.25, -0.2) is 14.4 Å². The van der Waals surface area contributed by atoms with Gasteiger partial charge in [0.25, 0.3) is 0 Å². The first-order chi connectivity index (χ1) is 22.8. The summed E-state index contributed by atoms with van der Waals surface area (Å²) in [5.41, 5.74) is 1.85. The maximum Gasteiger partial charge on any atom is 0.407 e. The molecule has 1 heterocycles. The number of aliphatic hydroxyl groups excluding tert-OH is 1. The number of halogens is 1. The highest BCUT2D eigenvalue weighted by atomic mass is 35.5. The molecule has 0 spiro atoms. The number of benzene rings is 2. The lowest BCUT2D eigenvalue weighted by Gasteiger charge is -2.31. The molecular weight excluding hydrogens is 630 g/mol. The second-order valence-electron chi connectivity index (χ2n) is 10.5. The Morgan fingerprint density at radius 3 is 2.43 bits per heavy atom. The largest absolute Gasteiger partial charge is 0.491 e. The van der Waals surface area contributed by atoms with Crippen molar-refractivity contribution in [2.24, 2.45) is 0 Å². The standard InChI is InChI=1S/C34H44ClN3O9/c1-4-45-33(41)31-28(38-23(2)29(32(40)43-3)30(31)26-14-8-9-15-27(26)35)22-44-19-17-37-34(42)46-18-11-10-16-36-20-24(39)21-47-25-12-6-5-7-13-25/h5-9,12-15,24,30,36,38-39H,4,10-11,16-22H2,1-3H3,(H,37,42). The first kappa shape index (κ1) is 37.4. The fraction of sp³-hybridized carbons (Fsp3) is 0.441. The van der Waals surface area contributed by atoms with Crippen LogP contribution >= 0.6 is 11.6 Å². The molecule has 0 bridgehead atoms. The molecule has 1 aliphatic heterocycles. The van der Waals surface area contributed by atoms with Crippen molar-refractivity contribution in [3.05, 3.63) is 87.7 Å². The van der Waals surface area contributed by atoms with Crippen LogP contribution in [0.1, 0.15) is 38.2 Å². The molecule has 1 aliphatic rings. The van der Waals surface area contributed by atoms with Crippen LogP contribution in [0.5, 0.6) is 5.75 Å². The summed E-state index contributed by atoms with van der Waals surface area (Å²) >= 11 is 6.53. The average Bonchev–Trinajstić information content (AvgIpc) is 3.07. The van der Waals surface area contributed by atoms with Crippen LogP contribution in [0.25, 0.3) is 0 Å². The monoisotopic (exact) mass is 673 g/mol. The summed E-state index contributed by atoms with van der Waals surface area (Å²) in [6.45, 7) is 5.27. The highest BCUT2D eigenvalue weighted by Gasteiger charge is 2.39. The molecule has 13 heteroatoms. The van der Waals surface area contributed by atoms with Crippen LogP contribution in [0.3, 0.4) is 0 Å². The second kappa shape index (κ2) is 20.2. The first-order valence-corrected chi connectivity index (χ1v) is 15.9. The number of carbonyl (C=O) groups excluding carboxylic acids is 3. The summed E-state index contributed by atoms with van der Waals surface area (Å²) < 4.78 is 26.9. The van der Waals surface area contributed by atoms with E-state index in [4.69, 9.17) is 35.3 Å². The third-order valence-corrected chi connectivity index (χ3v) is 7.41. The molecule has 0 radical (unpaired) electrons. The lowest BCUT2D eigenvalue weighted by atomic mass is 9.80. The van der Waals surface area contributed by atoms with Gasteiger partial charge in [0.15, 0.2) is 0 Å². The SMILES string of the molecule is CCOC(=O)C1=C(COCCNC(=O)OCCCCNCC(O)COc2ccccc2)NC(C)=C(C(=O)OC)C1c1ccccc1Cl. The maximum atomic E-state index is 13.2. The molecule has 47 heavy (non-hydrogen) atoms. The number of nitrogens with one attached hydrogen (secondary N) is 3. The van der Waals surface area contributed by atoms with Gasteiger partial charge in [-0.2, -0.15) is 0 Å². The number of dihydropyridines is 1. The third-order valence-electron chi connectivity index (χ3n) is 7.07. The topological polar surface area (TPSA) is 154 Å². The minimum absolute atomic E-state index is 0.0301. The zero-order valence-corrected chi connectivity index (χ0v) is 27.8. The molecular formula is C34H44ClN3O9. The number of esters is 2. The lowest BCUT2D eigenvalue weighted by molar-refractivity contribution is -0.139. The van der Waals surface area contributed by atoms with Gasteiger partial charge in [-0.05, 0) is 57.0 Å². The number of ether oxygens (including phenoxy) is 5. The molecule has 2 aromatic rings. The summed E-state index contributed by atoms with van der Waals surface area (Å²) in [4.78, 5) is 38.2. The summed E-state index contributed by atoms with van der Waals surface area (Å²) in [6.07, 6.45) is 0.200. The second-order valence-corrected chi connectivity index (χ2v) is 10.9. The normalized spacial score (nSPS) is 15.0. The number of amides is 1. The van der Waals surface area contributed by atoms with E-state index in [9.17, 15) is 19.5 Å². The molecule has 2 unspecified atom stereocenters. The number of hydrogen-bond donors (Lipinski definition) is 4. The molecule has 3 rings (SSSR count). The van der Waals surface area contributed by atoms with Crippen molar-refractivity contribution in [2.45, 2.75) is 38.7 Å². The van der Waals surface area contributed by atoms with E-state index in [1.807, 2.05) is 30.3 Å². The molecule has 2 aromatic carbocycles. The third kappa shape index (κ3) is 11.9. The Hall–Kier alpha value is -4.10. The minimum atomic E-state index is -0.850. The fourth-order valence-electron chi connectivity index (χ4n) is 4.87. The highest BCUT2D eigenvalue weighted by molar-refractivity contribution is 6.31. The summed E-state index contributed by atoms with van der Waals surface area (Å²) in [6, 6.07) is 16.3.